The number of ether oxygens (including phenoxy) is 1. The van der Waals surface area contributed by atoms with E-state index in [0.717, 1.165) is 36.8 Å². The number of hydrogen-bond acceptors (Lipinski definition) is 4. The Balaban J connectivity index is 2.02. The molecule has 0 saturated carbocycles. The molecule has 0 aliphatic heterocycles. The Morgan fingerprint density at radius 1 is 1.20 bits per heavy atom. The Morgan fingerprint density at radius 3 is 2.70 bits per heavy atom. The molecule has 0 atom stereocenters. The second-order valence-electron chi connectivity index (χ2n) is 4.58. The minimum absolute atomic E-state index is 0.668. The Hall–Kier alpha value is -1.33. The van der Waals surface area contributed by atoms with Crippen molar-refractivity contribution >= 4 is 11.8 Å². The van der Waals surface area contributed by atoms with Crippen molar-refractivity contribution in [1.82, 2.24) is 14.8 Å². The lowest BCUT2D eigenvalue weighted by Crippen LogP contribution is -2.07. The number of aromatic nitrogens is 3. The van der Waals surface area contributed by atoms with E-state index < -0.39 is 0 Å². The molecular weight excluding hydrogens is 270 g/mol. The topological polar surface area (TPSA) is 39.9 Å². The third-order valence-electron chi connectivity index (χ3n) is 3.05. The maximum atomic E-state index is 5.09. The van der Waals surface area contributed by atoms with Gasteiger partial charge in [0.1, 0.15) is 5.82 Å². The third kappa shape index (κ3) is 4.35. The van der Waals surface area contributed by atoms with Crippen LogP contribution in [0, 0.1) is 0 Å². The van der Waals surface area contributed by atoms with Crippen LogP contribution >= 0.6 is 11.8 Å². The maximum Gasteiger partial charge on any atom is 0.153 e. The van der Waals surface area contributed by atoms with Crippen LogP contribution in [0.5, 0.6) is 0 Å². The molecule has 0 aliphatic rings. The van der Waals surface area contributed by atoms with Crippen LogP contribution in [0.3, 0.4) is 0 Å². The molecule has 4 nitrogen and oxygen atoms in total. The molecule has 108 valence electrons. The van der Waals surface area contributed by atoms with E-state index in [1.165, 1.54) is 5.56 Å². The lowest BCUT2D eigenvalue weighted by Gasteiger charge is -2.05. The highest BCUT2D eigenvalue weighted by Crippen LogP contribution is 2.10. The number of hydrogen-bond donors (Lipinski definition) is 0. The molecule has 1 heterocycles. The molecule has 0 aliphatic carbocycles. The van der Waals surface area contributed by atoms with Gasteiger partial charge in [0.05, 0.1) is 12.4 Å². The van der Waals surface area contributed by atoms with E-state index in [1.54, 1.807) is 18.9 Å². The monoisotopic (exact) mass is 291 g/mol. The van der Waals surface area contributed by atoms with Gasteiger partial charge in [0.25, 0.3) is 0 Å². The van der Waals surface area contributed by atoms with Gasteiger partial charge in [-0.05, 0) is 18.2 Å². The highest BCUT2D eigenvalue weighted by atomic mass is 32.2. The third-order valence-corrected chi connectivity index (χ3v) is 3.60. The first-order valence-electron chi connectivity index (χ1n) is 6.78. The summed E-state index contributed by atoms with van der Waals surface area (Å²) in [5.74, 6) is 2.83. The quantitative estimate of drug-likeness (QED) is 0.749. The van der Waals surface area contributed by atoms with Gasteiger partial charge in [-0.25, -0.2) is 9.67 Å². The summed E-state index contributed by atoms with van der Waals surface area (Å²) in [7, 11) is 1.70. The zero-order valence-corrected chi connectivity index (χ0v) is 12.9. The lowest BCUT2D eigenvalue weighted by molar-refractivity contribution is 0.200. The number of nitrogens with zero attached hydrogens (tertiary/aromatic N) is 3. The Bertz CT molecular complexity index is 513. The van der Waals surface area contributed by atoms with Crippen molar-refractivity contribution in [3.05, 3.63) is 47.5 Å². The molecule has 2 aromatic rings. The molecule has 1 aromatic heterocycles. The predicted octanol–water partition coefficient (Wildman–Crippen LogP) is 2.57. The van der Waals surface area contributed by atoms with Crippen molar-refractivity contribution in [2.75, 3.05) is 20.0 Å². The van der Waals surface area contributed by atoms with Crippen molar-refractivity contribution in [2.24, 2.45) is 0 Å². The van der Waals surface area contributed by atoms with Crippen LogP contribution in [0.25, 0.3) is 0 Å². The summed E-state index contributed by atoms with van der Waals surface area (Å²) in [5, 5.41) is 4.59. The molecular formula is C15H21N3OS. The zero-order chi connectivity index (χ0) is 14.2. The second-order valence-corrected chi connectivity index (χ2v) is 5.44. The molecule has 0 bridgehead atoms. The van der Waals surface area contributed by atoms with Gasteiger partial charge < -0.3 is 4.74 Å². The van der Waals surface area contributed by atoms with Crippen molar-refractivity contribution in [1.29, 1.82) is 0 Å². The van der Waals surface area contributed by atoms with Crippen molar-refractivity contribution in [3.8, 4) is 0 Å². The van der Waals surface area contributed by atoms with Crippen LogP contribution in [0.4, 0.5) is 0 Å². The maximum absolute atomic E-state index is 5.09. The summed E-state index contributed by atoms with van der Waals surface area (Å²) in [4.78, 5) is 4.60. The van der Waals surface area contributed by atoms with Gasteiger partial charge in [-0.2, -0.15) is 16.9 Å². The molecule has 0 saturated heterocycles. The summed E-state index contributed by atoms with van der Waals surface area (Å²) < 4.78 is 7.13. The summed E-state index contributed by atoms with van der Waals surface area (Å²) in [5.41, 5.74) is 1.33. The average molecular weight is 291 g/mol. The minimum Gasteiger partial charge on any atom is -0.384 e. The number of benzene rings is 1. The van der Waals surface area contributed by atoms with Crippen molar-refractivity contribution < 1.29 is 4.74 Å². The molecule has 0 amide bonds. The van der Waals surface area contributed by atoms with Crippen LogP contribution in [0.15, 0.2) is 30.3 Å². The summed E-state index contributed by atoms with van der Waals surface area (Å²) in [6.07, 6.45) is 3.84. The van der Waals surface area contributed by atoms with E-state index in [0.29, 0.717) is 6.61 Å². The van der Waals surface area contributed by atoms with Gasteiger partial charge in [0.2, 0.25) is 0 Å². The molecule has 2 rings (SSSR count). The van der Waals surface area contributed by atoms with Gasteiger partial charge in [0.15, 0.2) is 5.82 Å². The van der Waals surface area contributed by atoms with Crippen LogP contribution < -0.4 is 0 Å². The van der Waals surface area contributed by atoms with Gasteiger partial charge in [0, 0.05) is 20.1 Å². The van der Waals surface area contributed by atoms with E-state index in [2.05, 4.69) is 40.6 Å². The Labute approximate surface area is 124 Å². The number of thioether (sulfide) groups is 1. The van der Waals surface area contributed by atoms with E-state index >= 15 is 0 Å². The SMILES string of the molecule is COCCc1nc(CSC)n(CCc2ccccc2)n1. The minimum atomic E-state index is 0.668. The first kappa shape index (κ1) is 15.1. The fraction of sp³-hybridized carbons (Fsp3) is 0.467. The fourth-order valence-corrected chi connectivity index (χ4v) is 2.49. The number of methoxy groups -OCH3 is 1. The first-order valence-corrected chi connectivity index (χ1v) is 8.17. The average Bonchev–Trinajstić information content (AvgIpc) is 2.87. The Kier molecular flexibility index (Phi) is 6.08. The smallest absolute Gasteiger partial charge is 0.153 e. The Morgan fingerprint density at radius 2 is 2.00 bits per heavy atom. The van der Waals surface area contributed by atoms with E-state index in [1.807, 2.05) is 10.7 Å². The van der Waals surface area contributed by atoms with Gasteiger partial charge >= 0.3 is 0 Å². The summed E-state index contributed by atoms with van der Waals surface area (Å²) in [6, 6.07) is 10.5. The van der Waals surface area contributed by atoms with Gasteiger partial charge in [-0.1, -0.05) is 30.3 Å². The van der Waals surface area contributed by atoms with Crippen LogP contribution in [0.1, 0.15) is 17.2 Å². The largest absolute Gasteiger partial charge is 0.384 e. The number of rotatable bonds is 8. The van der Waals surface area contributed by atoms with Crippen LogP contribution in [-0.4, -0.2) is 34.7 Å². The zero-order valence-electron chi connectivity index (χ0n) is 12.1. The predicted molar refractivity (Wildman–Crippen MR) is 83.0 cm³/mol. The molecule has 0 unspecified atom stereocenters. The van der Waals surface area contributed by atoms with Crippen LogP contribution in [0.2, 0.25) is 0 Å². The van der Waals surface area contributed by atoms with Crippen LogP contribution in [-0.2, 0) is 29.9 Å². The second kappa shape index (κ2) is 8.07. The molecule has 0 fully saturated rings. The first-order chi connectivity index (χ1) is 9.83. The fourth-order valence-electron chi connectivity index (χ4n) is 2.02. The highest BCUT2D eigenvalue weighted by molar-refractivity contribution is 7.97. The summed E-state index contributed by atoms with van der Waals surface area (Å²) in [6.45, 7) is 1.54. The van der Waals surface area contributed by atoms with Gasteiger partial charge in [-0.15, -0.1) is 0 Å². The summed E-state index contributed by atoms with van der Waals surface area (Å²) >= 11 is 1.77. The van der Waals surface area contributed by atoms with Gasteiger partial charge in [-0.3, -0.25) is 0 Å². The van der Waals surface area contributed by atoms with Crippen molar-refractivity contribution in [3.63, 3.8) is 0 Å². The lowest BCUT2D eigenvalue weighted by atomic mass is 10.1. The van der Waals surface area contributed by atoms with E-state index in [9.17, 15) is 0 Å². The highest BCUT2D eigenvalue weighted by Gasteiger charge is 2.09. The normalized spacial score (nSPS) is 10.9. The number of aryl methyl sites for hydroxylation is 2. The molecule has 20 heavy (non-hydrogen) atoms. The van der Waals surface area contributed by atoms with Crippen molar-refractivity contribution in [2.45, 2.75) is 25.1 Å². The molecule has 0 N–H and O–H groups in total. The standard InChI is InChI=1S/C15H21N3OS/c1-19-11-9-14-16-15(12-20-2)18(17-14)10-8-13-6-4-3-5-7-13/h3-7H,8-12H2,1-2H3. The van der Waals surface area contributed by atoms with E-state index in [4.69, 9.17) is 4.74 Å². The molecule has 1 aromatic carbocycles. The van der Waals surface area contributed by atoms with E-state index in [-0.39, 0.29) is 0 Å². The molecule has 0 radical (unpaired) electrons. The molecule has 0 spiro atoms. The molecule has 5 heteroatoms.